The van der Waals surface area contributed by atoms with Crippen LogP contribution in [0.5, 0.6) is 0 Å². The Morgan fingerprint density at radius 2 is 2.47 bits per heavy atom. The zero-order chi connectivity index (χ0) is 13.5. The molecule has 0 aliphatic carbocycles. The van der Waals surface area contributed by atoms with E-state index in [4.69, 9.17) is 10.5 Å². The summed E-state index contributed by atoms with van der Waals surface area (Å²) in [4.78, 5) is 19.2. The lowest BCUT2D eigenvalue weighted by atomic mass is 10.0. The van der Waals surface area contributed by atoms with Crippen molar-refractivity contribution in [1.82, 2.24) is 14.5 Å². The molecule has 0 saturated carbocycles. The summed E-state index contributed by atoms with van der Waals surface area (Å²) in [7, 11) is 0. The van der Waals surface area contributed by atoms with Crippen LogP contribution in [0, 0.1) is 0 Å². The molecule has 1 saturated heterocycles. The van der Waals surface area contributed by atoms with Crippen LogP contribution in [-0.4, -0.2) is 44.7 Å². The zero-order valence-electron chi connectivity index (χ0n) is 10.2. The minimum Gasteiger partial charge on any atom is -0.393 e. The van der Waals surface area contributed by atoms with E-state index in [2.05, 4.69) is 9.97 Å². The van der Waals surface area contributed by atoms with Gasteiger partial charge in [-0.3, -0.25) is 0 Å². The Bertz CT molecular complexity index is 626. The summed E-state index contributed by atoms with van der Waals surface area (Å²) >= 11 is 0. The number of carbonyl (C=O) groups is 1. The summed E-state index contributed by atoms with van der Waals surface area (Å²) in [5.74, 6) is 0.423. The Balaban J connectivity index is 1.98. The highest BCUT2D eigenvalue weighted by atomic mass is 16.5. The van der Waals surface area contributed by atoms with E-state index in [1.54, 1.807) is 0 Å². The number of nitrogen functional groups attached to an aromatic ring is 1. The second-order valence-corrected chi connectivity index (χ2v) is 4.73. The molecule has 100 valence electrons. The molecule has 3 rings (SSSR count). The van der Waals surface area contributed by atoms with Crippen LogP contribution in [0.3, 0.4) is 0 Å². The molecule has 2 atom stereocenters. The number of rotatable bonds is 3. The van der Waals surface area contributed by atoms with Crippen molar-refractivity contribution in [3.63, 3.8) is 0 Å². The number of ether oxygens (including phenoxy) is 1. The van der Waals surface area contributed by atoms with Crippen molar-refractivity contribution in [2.45, 2.75) is 18.1 Å². The predicted molar refractivity (Wildman–Crippen MR) is 67.4 cm³/mol. The van der Waals surface area contributed by atoms with Crippen molar-refractivity contribution in [2.75, 3.05) is 18.9 Å². The van der Waals surface area contributed by atoms with Crippen LogP contribution in [0.25, 0.3) is 11.0 Å². The largest absolute Gasteiger partial charge is 0.393 e. The molecule has 2 aromatic rings. The second kappa shape index (κ2) is 4.29. The number of aliphatic hydroxyl groups is 1. The first-order valence-electron chi connectivity index (χ1n) is 5.97. The van der Waals surface area contributed by atoms with Crippen molar-refractivity contribution >= 4 is 23.1 Å². The van der Waals surface area contributed by atoms with E-state index in [0.717, 1.165) is 5.39 Å². The third-order valence-corrected chi connectivity index (χ3v) is 3.56. The molecule has 0 spiro atoms. The maximum Gasteiger partial charge on any atom is 0.154 e. The fourth-order valence-corrected chi connectivity index (χ4v) is 2.47. The van der Waals surface area contributed by atoms with Crippen molar-refractivity contribution in [3.05, 3.63) is 18.6 Å². The average Bonchev–Trinajstić information content (AvgIpc) is 3.03. The smallest absolute Gasteiger partial charge is 0.154 e. The molecule has 1 aliphatic rings. The number of anilines is 1. The van der Waals surface area contributed by atoms with E-state index in [-0.39, 0.29) is 12.6 Å². The van der Waals surface area contributed by atoms with Gasteiger partial charge in [-0.05, 0) is 6.07 Å². The van der Waals surface area contributed by atoms with Gasteiger partial charge in [0.05, 0.1) is 24.6 Å². The Morgan fingerprint density at radius 1 is 1.63 bits per heavy atom. The number of hydrogen-bond acceptors (Lipinski definition) is 6. The Hall–Kier alpha value is -1.99. The summed E-state index contributed by atoms with van der Waals surface area (Å²) in [6.45, 7) is 0.0380. The van der Waals surface area contributed by atoms with Crippen LogP contribution >= 0.6 is 0 Å². The normalized spacial score (nSPS) is 26.9. The van der Waals surface area contributed by atoms with Gasteiger partial charge in [-0.2, -0.15) is 0 Å². The second-order valence-electron chi connectivity index (χ2n) is 4.73. The van der Waals surface area contributed by atoms with Gasteiger partial charge in [0, 0.05) is 12.6 Å². The maximum absolute atomic E-state index is 11.1. The summed E-state index contributed by atoms with van der Waals surface area (Å²) < 4.78 is 7.35. The van der Waals surface area contributed by atoms with Crippen LogP contribution in [-0.2, 0) is 9.53 Å². The zero-order valence-corrected chi connectivity index (χ0v) is 10.2. The monoisotopic (exact) mass is 262 g/mol. The van der Waals surface area contributed by atoms with Crippen LogP contribution < -0.4 is 5.73 Å². The molecular weight excluding hydrogens is 248 g/mol. The molecular formula is C12H14N4O3. The number of nitrogens with two attached hydrogens (primary N) is 1. The van der Waals surface area contributed by atoms with E-state index in [1.807, 2.05) is 16.8 Å². The first kappa shape index (κ1) is 12.1. The minimum absolute atomic E-state index is 0.0517. The van der Waals surface area contributed by atoms with Gasteiger partial charge in [-0.15, -0.1) is 0 Å². The van der Waals surface area contributed by atoms with E-state index in [9.17, 15) is 9.90 Å². The van der Waals surface area contributed by atoms with E-state index in [1.165, 1.54) is 6.33 Å². The van der Waals surface area contributed by atoms with Gasteiger partial charge in [0.15, 0.2) is 6.29 Å². The minimum atomic E-state index is -1.10. The number of fused-ring (bicyclic) bond motifs is 1. The molecule has 1 unspecified atom stereocenters. The topological polar surface area (TPSA) is 103 Å². The van der Waals surface area contributed by atoms with Gasteiger partial charge in [-0.25, -0.2) is 9.97 Å². The lowest BCUT2D eigenvalue weighted by Gasteiger charge is -2.18. The third kappa shape index (κ3) is 1.78. The van der Waals surface area contributed by atoms with Crippen LogP contribution in [0.1, 0.15) is 12.5 Å². The quantitative estimate of drug-likeness (QED) is 0.749. The molecule has 1 aliphatic heterocycles. The summed E-state index contributed by atoms with van der Waals surface area (Å²) in [5.41, 5.74) is 5.39. The van der Waals surface area contributed by atoms with Gasteiger partial charge >= 0.3 is 0 Å². The molecule has 0 radical (unpaired) electrons. The van der Waals surface area contributed by atoms with Crippen LogP contribution in [0.4, 0.5) is 5.82 Å². The van der Waals surface area contributed by atoms with Crippen molar-refractivity contribution in [2.24, 2.45) is 0 Å². The first-order chi connectivity index (χ1) is 9.19. The number of aromatic nitrogens is 3. The molecule has 1 fully saturated rings. The van der Waals surface area contributed by atoms with Gasteiger partial charge in [0.1, 0.15) is 23.4 Å². The molecule has 0 aromatic carbocycles. The molecule has 7 nitrogen and oxygen atoms in total. The van der Waals surface area contributed by atoms with Gasteiger partial charge in [-0.1, -0.05) is 0 Å². The van der Waals surface area contributed by atoms with Crippen molar-refractivity contribution in [1.29, 1.82) is 0 Å². The predicted octanol–water partition coefficient (Wildman–Crippen LogP) is -0.0951. The van der Waals surface area contributed by atoms with Crippen LogP contribution in [0.15, 0.2) is 18.6 Å². The molecule has 3 N–H and O–H groups in total. The van der Waals surface area contributed by atoms with Gasteiger partial charge < -0.3 is 24.9 Å². The Kier molecular flexibility index (Phi) is 2.72. The Morgan fingerprint density at radius 3 is 3.16 bits per heavy atom. The highest BCUT2D eigenvalue weighted by molar-refractivity contribution is 5.86. The summed E-state index contributed by atoms with van der Waals surface area (Å²) in [6, 6.07) is 1.79. The number of aldehydes is 1. The molecule has 3 heterocycles. The lowest BCUT2D eigenvalue weighted by molar-refractivity contribution is -0.129. The average molecular weight is 262 g/mol. The van der Waals surface area contributed by atoms with Crippen LogP contribution in [0.2, 0.25) is 0 Å². The van der Waals surface area contributed by atoms with Crippen molar-refractivity contribution < 1.29 is 14.6 Å². The van der Waals surface area contributed by atoms with E-state index in [0.29, 0.717) is 30.8 Å². The summed E-state index contributed by atoms with van der Waals surface area (Å²) in [5, 5.41) is 10.1. The maximum atomic E-state index is 11.1. The molecule has 0 bridgehead atoms. The number of carbonyl (C=O) groups excluding carboxylic acids is 1. The van der Waals surface area contributed by atoms with Gasteiger partial charge in [0.2, 0.25) is 0 Å². The van der Waals surface area contributed by atoms with E-state index >= 15 is 0 Å². The van der Waals surface area contributed by atoms with Gasteiger partial charge in [0.25, 0.3) is 0 Å². The third-order valence-electron chi connectivity index (χ3n) is 3.56. The molecule has 19 heavy (non-hydrogen) atoms. The molecule has 2 aromatic heterocycles. The summed E-state index contributed by atoms with van der Waals surface area (Å²) in [6.07, 6.45) is 4.34. The number of nitrogens with zero attached hydrogens (tertiary/aromatic N) is 3. The number of aliphatic hydroxyl groups excluding tert-OH is 1. The highest BCUT2D eigenvalue weighted by Gasteiger charge is 2.41. The number of hydrogen-bond donors (Lipinski definition) is 2. The first-order valence-corrected chi connectivity index (χ1v) is 5.97. The SMILES string of the molecule is Nc1ncnc2c1ccn2C1CO[C@](C=O)(CO)C1. The fraction of sp³-hybridized carbons (Fsp3) is 0.417. The lowest BCUT2D eigenvalue weighted by Crippen LogP contribution is -2.34. The van der Waals surface area contributed by atoms with Crippen molar-refractivity contribution in [3.8, 4) is 0 Å². The standard InChI is InChI=1S/C12H14N4O3/c13-10-9-1-2-16(11(9)15-7-14-10)8-3-12(5-17,6-18)19-4-8/h1-2,5,7-8,18H,3-4,6H2,(H2,13,14,15)/t8?,12-/m1/s1. The van der Waals surface area contributed by atoms with E-state index < -0.39 is 5.60 Å². The fourth-order valence-electron chi connectivity index (χ4n) is 2.47. The molecule has 0 amide bonds. The molecule has 7 heteroatoms. The Labute approximate surface area is 109 Å². The highest BCUT2D eigenvalue weighted by Crippen LogP contribution is 2.34.